The van der Waals surface area contributed by atoms with Gasteiger partial charge in [-0.15, -0.1) is 11.3 Å². The molecule has 0 radical (unpaired) electrons. The summed E-state index contributed by atoms with van der Waals surface area (Å²) in [5.41, 5.74) is 0. The van der Waals surface area contributed by atoms with Crippen LogP contribution in [0.2, 0.25) is 0 Å². The maximum atomic E-state index is 4.99. The van der Waals surface area contributed by atoms with E-state index in [4.69, 9.17) is 4.74 Å². The molecule has 0 unspecified atom stereocenters. The maximum absolute atomic E-state index is 4.99. The molecule has 0 spiro atoms. The van der Waals surface area contributed by atoms with Crippen molar-refractivity contribution in [2.45, 2.75) is 13.0 Å². The highest BCUT2D eigenvalue weighted by molar-refractivity contribution is 7.10. The SMILES string of the molecule is COCc1nsc(N(C)CCc2nccs2)n1. The van der Waals surface area contributed by atoms with E-state index < -0.39 is 0 Å². The first-order chi connectivity index (χ1) is 8.29. The summed E-state index contributed by atoms with van der Waals surface area (Å²) in [6.07, 6.45) is 2.77. The molecule has 17 heavy (non-hydrogen) atoms. The van der Waals surface area contributed by atoms with Gasteiger partial charge in [0.15, 0.2) is 5.82 Å². The maximum Gasteiger partial charge on any atom is 0.205 e. The highest BCUT2D eigenvalue weighted by atomic mass is 32.1. The Labute approximate surface area is 108 Å². The van der Waals surface area contributed by atoms with Gasteiger partial charge in [0.2, 0.25) is 5.13 Å². The summed E-state index contributed by atoms with van der Waals surface area (Å²) in [5.74, 6) is 0.744. The molecule has 92 valence electrons. The minimum atomic E-state index is 0.469. The molecule has 0 N–H and O–H groups in total. The normalized spacial score (nSPS) is 10.7. The number of likely N-dealkylation sites (N-methyl/N-ethyl adjacent to an activating group) is 1. The van der Waals surface area contributed by atoms with Crippen molar-refractivity contribution in [3.8, 4) is 0 Å². The molecule has 0 fully saturated rings. The van der Waals surface area contributed by atoms with E-state index in [0.717, 1.165) is 28.9 Å². The first kappa shape index (κ1) is 12.4. The quantitative estimate of drug-likeness (QED) is 0.801. The molecular weight excluding hydrogens is 256 g/mol. The molecule has 2 rings (SSSR count). The Balaban J connectivity index is 1.88. The van der Waals surface area contributed by atoms with Gasteiger partial charge < -0.3 is 9.64 Å². The second-order valence-corrected chi connectivity index (χ2v) is 5.23. The fourth-order valence-corrected chi connectivity index (χ4v) is 2.59. The van der Waals surface area contributed by atoms with Crippen molar-refractivity contribution in [1.82, 2.24) is 14.3 Å². The van der Waals surface area contributed by atoms with Crippen LogP contribution in [0.15, 0.2) is 11.6 Å². The van der Waals surface area contributed by atoms with E-state index in [1.54, 1.807) is 18.4 Å². The van der Waals surface area contributed by atoms with Gasteiger partial charge in [-0.05, 0) is 0 Å². The number of hydrogen-bond acceptors (Lipinski definition) is 7. The Morgan fingerprint density at radius 3 is 3.06 bits per heavy atom. The summed E-state index contributed by atoms with van der Waals surface area (Å²) in [4.78, 5) is 10.7. The van der Waals surface area contributed by atoms with E-state index in [9.17, 15) is 0 Å². The van der Waals surface area contributed by atoms with Crippen LogP contribution in [0.1, 0.15) is 10.8 Å². The van der Waals surface area contributed by atoms with Crippen molar-refractivity contribution >= 4 is 28.0 Å². The summed E-state index contributed by atoms with van der Waals surface area (Å²) in [6, 6.07) is 0. The molecule has 2 aromatic heterocycles. The minimum Gasteiger partial charge on any atom is -0.377 e. The predicted octanol–water partition coefficient (Wildman–Crippen LogP) is 1.82. The highest BCUT2D eigenvalue weighted by Gasteiger charge is 2.09. The Kier molecular flexibility index (Phi) is 4.41. The lowest BCUT2D eigenvalue weighted by molar-refractivity contribution is 0.179. The van der Waals surface area contributed by atoms with E-state index in [-0.39, 0.29) is 0 Å². The van der Waals surface area contributed by atoms with E-state index >= 15 is 0 Å². The monoisotopic (exact) mass is 270 g/mol. The summed E-state index contributed by atoms with van der Waals surface area (Å²) >= 11 is 3.09. The first-order valence-corrected chi connectivity index (χ1v) is 6.86. The fourth-order valence-electron chi connectivity index (χ4n) is 1.32. The zero-order valence-corrected chi connectivity index (χ0v) is 11.4. The van der Waals surface area contributed by atoms with Crippen molar-refractivity contribution in [2.75, 3.05) is 25.6 Å². The average molecular weight is 270 g/mol. The number of rotatable bonds is 6. The van der Waals surface area contributed by atoms with Gasteiger partial charge in [0.25, 0.3) is 0 Å². The number of aromatic nitrogens is 3. The van der Waals surface area contributed by atoms with Crippen LogP contribution in [0.5, 0.6) is 0 Å². The van der Waals surface area contributed by atoms with Crippen LogP contribution in [0.3, 0.4) is 0 Å². The highest BCUT2D eigenvalue weighted by Crippen LogP contribution is 2.16. The van der Waals surface area contributed by atoms with Crippen molar-refractivity contribution in [1.29, 1.82) is 0 Å². The van der Waals surface area contributed by atoms with Crippen molar-refractivity contribution in [3.63, 3.8) is 0 Å². The summed E-state index contributed by atoms with van der Waals surface area (Å²) in [7, 11) is 3.66. The number of thiazole rings is 1. The largest absolute Gasteiger partial charge is 0.377 e. The molecule has 0 saturated heterocycles. The van der Waals surface area contributed by atoms with Gasteiger partial charge in [-0.1, -0.05) is 0 Å². The van der Waals surface area contributed by atoms with Gasteiger partial charge in [-0.25, -0.2) is 9.97 Å². The number of methoxy groups -OCH3 is 1. The van der Waals surface area contributed by atoms with E-state index in [1.807, 2.05) is 18.6 Å². The topological polar surface area (TPSA) is 51.1 Å². The first-order valence-electron chi connectivity index (χ1n) is 5.20. The van der Waals surface area contributed by atoms with Gasteiger partial charge >= 0.3 is 0 Å². The Hall–Kier alpha value is -1.05. The van der Waals surface area contributed by atoms with E-state index in [0.29, 0.717) is 6.61 Å². The van der Waals surface area contributed by atoms with Gasteiger partial charge in [-0.3, -0.25) is 0 Å². The van der Waals surface area contributed by atoms with Gasteiger partial charge in [-0.2, -0.15) is 4.37 Å². The number of ether oxygens (including phenoxy) is 1. The zero-order valence-electron chi connectivity index (χ0n) is 9.79. The average Bonchev–Trinajstić information content (AvgIpc) is 2.97. The van der Waals surface area contributed by atoms with E-state index in [2.05, 4.69) is 19.2 Å². The molecule has 0 saturated carbocycles. The summed E-state index contributed by atoms with van der Waals surface area (Å²) < 4.78 is 9.22. The van der Waals surface area contributed by atoms with Gasteiger partial charge in [0.1, 0.15) is 6.61 Å². The predicted molar refractivity (Wildman–Crippen MR) is 69.7 cm³/mol. The Bertz CT molecular complexity index is 443. The second-order valence-electron chi connectivity index (χ2n) is 3.52. The van der Waals surface area contributed by atoms with Crippen molar-refractivity contribution in [3.05, 3.63) is 22.4 Å². The van der Waals surface area contributed by atoms with Gasteiger partial charge in [0, 0.05) is 50.2 Å². The molecule has 0 atom stereocenters. The lowest BCUT2D eigenvalue weighted by atomic mass is 10.4. The third-order valence-corrected chi connectivity index (χ3v) is 3.91. The minimum absolute atomic E-state index is 0.469. The van der Waals surface area contributed by atoms with Crippen LogP contribution in [0.25, 0.3) is 0 Å². The van der Waals surface area contributed by atoms with Crippen LogP contribution in [0.4, 0.5) is 5.13 Å². The molecule has 2 heterocycles. The standard InChI is InChI=1S/C10H14N4OS2/c1-14(5-3-9-11-4-6-16-9)10-12-8(7-15-2)13-17-10/h4,6H,3,5,7H2,1-2H3. The zero-order chi connectivity index (χ0) is 12.1. The van der Waals surface area contributed by atoms with Crippen molar-refractivity contribution in [2.24, 2.45) is 0 Å². The van der Waals surface area contributed by atoms with Crippen LogP contribution < -0.4 is 4.90 Å². The molecular formula is C10H14N4OS2. The molecule has 0 aliphatic rings. The van der Waals surface area contributed by atoms with E-state index in [1.165, 1.54) is 11.5 Å². The lowest BCUT2D eigenvalue weighted by Crippen LogP contribution is -2.20. The smallest absolute Gasteiger partial charge is 0.205 e. The van der Waals surface area contributed by atoms with Crippen LogP contribution >= 0.6 is 22.9 Å². The Morgan fingerprint density at radius 1 is 1.47 bits per heavy atom. The van der Waals surface area contributed by atoms with Crippen molar-refractivity contribution < 1.29 is 4.74 Å². The molecule has 0 aromatic carbocycles. The van der Waals surface area contributed by atoms with Crippen LogP contribution in [0, 0.1) is 0 Å². The molecule has 7 heteroatoms. The number of anilines is 1. The van der Waals surface area contributed by atoms with Crippen LogP contribution in [-0.4, -0.2) is 35.0 Å². The molecule has 0 amide bonds. The molecule has 0 aliphatic carbocycles. The van der Waals surface area contributed by atoms with Crippen LogP contribution in [-0.2, 0) is 17.8 Å². The summed E-state index contributed by atoms with van der Waals surface area (Å²) in [6.45, 7) is 1.37. The summed E-state index contributed by atoms with van der Waals surface area (Å²) in [5, 5.41) is 4.07. The fraction of sp³-hybridized carbons (Fsp3) is 0.500. The lowest BCUT2D eigenvalue weighted by Gasteiger charge is -2.13. The molecule has 5 nitrogen and oxygen atoms in total. The molecule has 0 aliphatic heterocycles. The second kappa shape index (κ2) is 6.04. The van der Waals surface area contributed by atoms with Gasteiger partial charge in [0.05, 0.1) is 5.01 Å². The molecule has 2 aromatic rings. The third kappa shape index (κ3) is 3.45. The number of nitrogens with zero attached hydrogens (tertiary/aromatic N) is 4. The molecule has 0 bridgehead atoms. The third-order valence-electron chi connectivity index (χ3n) is 2.20. The number of hydrogen-bond donors (Lipinski definition) is 0. The Morgan fingerprint density at radius 2 is 2.35 bits per heavy atom.